The van der Waals surface area contributed by atoms with Crippen LogP contribution in [-0.2, 0) is 0 Å². The first kappa shape index (κ1) is 14.4. The number of nitrogens with zero attached hydrogens (tertiary/aromatic N) is 2. The molecule has 3 rings (SSSR count). The second kappa shape index (κ2) is 6.46. The lowest BCUT2D eigenvalue weighted by Crippen LogP contribution is -2.41. The number of hydrogen-bond donors (Lipinski definition) is 2. The number of benzene rings is 1. The summed E-state index contributed by atoms with van der Waals surface area (Å²) in [6, 6.07) is 9.61. The SMILES string of the molecule is O=C(Nc1ccccc1)N1CCCCC1c1[nH]ncc1I. The summed E-state index contributed by atoms with van der Waals surface area (Å²) >= 11 is 2.26. The molecule has 1 fully saturated rings. The predicted molar refractivity (Wildman–Crippen MR) is 90.1 cm³/mol. The monoisotopic (exact) mass is 396 g/mol. The third-order valence-corrected chi connectivity index (χ3v) is 4.60. The largest absolute Gasteiger partial charge is 0.322 e. The van der Waals surface area contributed by atoms with Crippen molar-refractivity contribution in [2.24, 2.45) is 0 Å². The van der Waals surface area contributed by atoms with Crippen molar-refractivity contribution in [2.45, 2.75) is 25.3 Å². The van der Waals surface area contributed by atoms with Crippen LogP contribution < -0.4 is 5.32 Å². The average Bonchev–Trinajstić information content (AvgIpc) is 2.94. The van der Waals surface area contributed by atoms with Gasteiger partial charge in [0.25, 0.3) is 0 Å². The van der Waals surface area contributed by atoms with Gasteiger partial charge in [-0.3, -0.25) is 5.10 Å². The minimum Gasteiger partial charge on any atom is -0.316 e. The number of aromatic amines is 1. The lowest BCUT2D eigenvalue weighted by atomic mass is 10.00. The molecule has 1 unspecified atom stereocenters. The number of nitrogens with one attached hydrogen (secondary N) is 2. The first-order chi connectivity index (χ1) is 10.3. The number of H-pyrrole nitrogens is 1. The van der Waals surface area contributed by atoms with Crippen molar-refractivity contribution < 1.29 is 4.79 Å². The first-order valence-electron chi connectivity index (χ1n) is 7.07. The van der Waals surface area contributed by atoms with Gasteiger partial charge in [-0.25, -0.2) is 4.79 Å². The van der Waals surface area contributed by atoms with Crippen LogP contribution in [-0.4, -0.2) is 27.7 Å². The van der Waals surface area contributed by atoms with Crippen LogP contribution >= 0.6 is 22.6 Å². The van der Waals surface area contributed by atoms with E-state index in [2.05, 4.69) is 38.1 Å². The molecule has 2 heterocycles. The van der Waals surface area contributed by atoms with Crippen molar-refractivity contribution in [1.82, 2.24) is 15.1 Å². The van der Waals surface area contributed by atoms with E-state index in [-0.39, 0.29) is 12.1 Å². The number of carbonyl (C=O) groups excluding carboxylic acids is 1. The van der Waals surface area contributed by atoms with Crippen molar-refractivity contribution in [3.8, 4) is 0 Å². The van der Waals surface area contributed by atoms with E-state index in [0.29, 0.717) is 0 Å². The zero-order valence-electron chi connectivity index (χ0n) is 11.6. The predicted octanol–water partition coefficient (Wildman–Crippen LogP) is 3.77. The normalized spacial score (nSPS) is 18.5. The highest BCUT2D eigenvalue weighted by molar-refractivity contribution is 14.1. The molecule has 0 spiro atoms. The van der Waals surface area contributed by atoms with Gasteiger partial charge in [0.05, 0.1) is 21.5 Å². The van der Waals surface area contributed by atoms with Crippen molar-refractivity contribution in [3.05, 3.63) is 45.8 Å². The lowest BCUT2D eigenvalue weighted by molar-refractivity contribution is 0.161. The van der Waals surface area contributed by atoms with Crippen LogP contribution in [0.5, 0.6) is 0 Å². The Balaban J connectivity index is 1.78. The van der Waals surface area contributed by atoms with E-state index in [1.807, 2.05) is 35.2 Å². The second-order valence-corrected chi connectivity index (χ2v) is 6.29. The second-order valence-electron chi connectivity index (χ2n) is 5.13. The Morgan fingerprint density at radius 3 is 2.86 bits per heavy atom. The number of carbonyl (C=O) groups is 1. The molecule has 21 heavy (non-hydrogen) atoms. The molecule has 1 aromatic heterocycles. The van der Waals surface area contributed by atoms with Gasteiger partial charge < -0.3 is 10.2 Å². The molecular weight excluding hydrogens is 379 g/mol. The number of para-hydroxylation sites is 1. The molecule has 1 aliphatic rings. The molecule has 1 aromatic carbocycles. The molecule has 0 aliphatic carbocycles. The van der Waals surface area contributed by atoms with Gasteiger partial charge in [0.15, 0.2) is 0 Å². The van der Waals surface area contributed by atoms with Gasteiger partial charge >= 0.3 is 6.03 Å². The maximum Gasteiger partial charge on any atom is 0.322 e. The third kappa shape index (κ3) is 3.20. The molecule has 2 amide bonds. The third-order valence-electron chi connectivity index (χ3n) is 3.74. The summed E-state index contributed by atoms with van der Waals surface area (Å²) in [6.07, 6.45) is 4.95. The van der Waals surface area contributed by atoms with Crippen LogP contribution in [0.1, 0.15) is 31.0 Å². The van der Waals surface area contributed by atoms with Crippen LogP contribution in [0.25, 0.3) is 0 Å². The van der Waals surface area contributed by atoms with Gasteiger partial charge in [-0.2, -0.15) is 5.10 Å². The summed E-state index contributed by atoms with van der Waals surface area (Å²) in [6.45, 7) is 0.776. The Kier molecular flexibility index (Phi) is 4.42. The number of halogens is 1. The smallest absolute Gasteiger partial charge is 0.316 e. The van der Waals surface area contributed by atoms with E-state index in [9.17, 15) is 4.79 Å². The number of anilines is 1. The van der Waals surface area contributed by atoms with E-state index in [1.165, 1.54) is 0 Å². The van der Waals surface area contributed by atoms with Gasteiger partial charge in [-0.15, -0.1) is 0 Å². The topological polar surface area (TPSA) is 61.0 Å². The number of urea groups is 1. The summed E-state index contributed by atoms with van der Waals surface area (Å²) in [5.74, 6) is 0. The van der Waals surface area contributed by atoms with Crippen LogP contribution in [0, 0.1) is 3.57 Å². The fourth-order valence-corrected chi connectivity index (χ4v) is 3.33. The summed E-state index contributed by atoms with van der Waals surface area (Å²) in [5, 5.41) is 10.1. The van der Waals surface area contributed by atoms with E-state index in [0.717, 1.165) is 40.8 Å². The number of aromatic nitrogens is 2. The quantitative estimate of drug-likeness (QED) is 0.760. The molecule has 0 radical (unpaired) electrons. The Hall–Kier alpha value is -1.57. The van der Waals surface area contributed by atoms with Gasteiger partial charge in [-0.05, 0) is 54.0 Å². The number of hydrogen-bond acceptors (Lipinski definition) is 2. The summed E-state index contributed by atoms with van der Waals surface area (Å²) in [4.78, 5) is 14.5. The highest BCUT2D eigenvalue weighted by atomic mass is 127. The lowest BCUT2D eigenvalue weighted by Gasteiger charge is -2.35. The van der Waals surface area contributed by atoms with E-state index < -0.39 is 0 Å². The standard InChI is InChI=1S/C15H17IN4O/c16-12-10-17-19-14(12)13-8-4-5-9-20(13)15(21)18-11-6-2-1-3-7-11/h1-3,6-7,10,13H,4-5,8-9H2,(H,17,19)(H,18,21). The van der Waals surface area contributed by atoms with Gasteiger partial charge in [0.1, 0.15) is 0 Å². The molecule has 5 nitrogen and oxygen atoms in total. The van der Waals surface area contributed by atoms with Gasteiger partial charge in [0, 0.05) is 12.2 Å². The number of likely N-dealkylation sites (tertiary alicyclic amines) is 1. The van der Waals surface area contributed by atoms with Crippen molar-refractivity contribution >= 4 is 34.3 Å². The maximum atomic E-state index is 12.6. The highest BCUT2D eigenvalue weighted by Crippen LogP contribution is 2.32. The number of amides is 2. The van der Waals surface area contributed by atoms with E-state index in [4.69, 9.17) is 0 Å². The van der Waals surface area contributed by atoms with Crippen molar-refractivity contribution in [1.29, 1.82) is 0 Å². The molecule has 1 aliphatic heterocycles. The molecule has 0 saturated carbocycles. The molecule has 1 atom stereocenters. The van der Waals surface area contributed by atoms with Crippen LogP contribution in [0.15, 0.2) is 36.5 Å². The fourth-order valence-electron chi connectivity index (χ4n) is 2.71. The van der Waals surface area contributed by atoms with Crippen LogP contribution in [0.4, 0.5) is 10.5 Å². The Bertz CT molecular complexity index is 613. The van der Waals surface area contributed by atoms with Crippen molar-refractivity contribution in [3.63, 3.8) is 0 Å². The number of rotatable bonds is 2. The van der Waals surface area contributed by atoms with Crippen LogP contribution in [0.3, 0.4) is 0 Å². The Morgan fingerprint density at radius 1 is 1.33 bits per heavy atom. The molecular formula is C15H17IN4O. The van der Waals surface area contributed by atoms with Gasteiger partial charge in [0.2, 0.25) is 0 Å². The molecule has 2 N–H and O–H groups in total. The van der Waals surface area contributed by atoms with Crippen molar-refractivity contribution in [2.75, 3.05) is 11.9 Å². The summed E-state index contributed by atoms with van der Waals surface area (Å²) < 4.78 is 1.08. The average molecular weight is 396 g/mol. The Morgan fingerprint density at radius 2 is 2.14 bits per heavy atom. The van der Waals surface area contributed by atoms with Crippen LogP contribution in [0.2, 0.25) is 0 Å². The zero-order valence-corrected chi connectivity index (χ0v) is 13.7. The van der Waals surface area contributed by atoms with E-state index >= 15 is 0 Å². The van der Waals surface area contributed by atoms with Gasteiger partial charge in [-0.1, -0.05) is 18.2 Å². The molecule has 1 saturated heterocycles. The zero-order chi connectivity index (χ0) is 14.7. The molecule has 0 bridgehead atoms. The first-order valence-corrected chi connectivity index (χ1v) is 8.15. The molecule has 6 heteroatoms. The fraction of sp³-hybridized carbons (Fsp3) is 0.333. The number of piperidine rings is 1. The highest BCUT2D eigenvalue weighted by Gasteiger charge is 2.30. The minimum atomic E-state index is -0.0451. The summed E-state index contributed by atoms with van der Waals surface area (Å²) in [5.41, 5.74) is 1.87. The molecule has 110 valence electrons. The molecule has 2 aromatic rings. The van der Waals surface area contributed by atoms with E-state index in [1.54, 1.807) is 6.20 Å². The minimum absolute atomic E-state index is 0.0451. The maximum absolute atomic E-state index is 12.6. The Labute approximate surface area is 137 Å². The summed E-state index contributed by atoms with van der Waals surface area (Å²) in [7, 11) is 0.